The van der Waals surface area contributed by atoms with Crippen molar-refractivity contribution in [1.82, 2.24) is 15.1 Å². The van der Waals surface area contributed by atoms with Crippen molar-refractivity contribution in [2.75, 3.05) is 42.9 Å². The molecule has 1 saturated heterocycles. The fraction of sp³-hybridized carbons (Fsp3) is 0.643. The maximum absolute atomic E-state index is 11.8. The molecule has 0 aromatic carbocycles. The maximum atomic E-state index is 11.8. The Morgan fingerprint density at radius 3 is 2.50 bits per heavy atom. The van der Waals surface area contributed by atoms with Crippen LogP contribution in [0.5, 0.6) is 0 Å². The summed E-state index contributed by atoms with van der Waals surface area (Å²) in [6.07, 6.45) is 1.56. The first-order chi connectivity index (χ1) is 9.74. The van der Waals surface area contributed by atoms with E-state index in [4.69, 9.17) is 0 Å². The summed E-state index contributed by atoms with van der Waals surface area (Å²) in [5.41, 5.74) is 0. The van der Waals surface area contributed by atoms with Gasteiger partial charge >= 0.3 is 0 Å². The first-order valence-corrected chi connectivity index (χ1v) is 7.35. The molecular formula is C14H23N5O. The van der Waals surface area contributed by atoms with E-state index in [0.29, 0.717) is 6.42 Å². The van der Waals surface area contributed by atoms with Gasteiger partial charge in [0.15, 0.2) is 5.82 Å². The number of anilines is 2. The Morgan fingerprint density at radius 2 is 1.95 bits per heavy atom. The third-order valence-electron chi connectivity index (χ3n) is 3.43. The summed E-state index contributed by atoms with van der Waals surface area (Å²) in [6, 6.07) is 3.93. The second-order valence-electron chi connectivity index (χ2n) is 4.92. The first-order valence-electron chi connectivity index (χ1n) is 7.35. The number of aromatic nitrogens is 2. The molecule has 1 N–H and O–H groups in total. The highest BCUT2D eigenvalue weighted by molar-refractivity contribution is 5.76. The zero-order valence-electron chi connectivity index (χ0n) is 12.3. The van der Waals surface area contributed by atoms with Gasteiger partial charge in [-0.1, -0.05) is 6.92 Å². The summed E-state index contributed by atoms with van der Waals surface area (Å²) in [7, 11) is 0. The lowest BCUT2D eigenvalue weighted by Gasteiger charge is -2.35. The molecule has 1 fully saturated rings. The molecule has 1 aromatic heterocycles. The third-order valence-corrected chi connectivity index (χ3v) is 3.43. The van der Waals surface area contributed by atoms with Crippen LogP contribution >= 0.6 is 0 Å². The number of nitrogens with zero attached hydrogens (tertiary/aromatic N) is 4. The van der Waals surface area contributed by atoms with Gasteiger partial charge in [-0.3, -0.25) is 4.79 Å². The van der Waals surface area contributed by atoms with E-state index in [2.05, 4.69) is 20.4 Å². The molecule has 1 aromatic rings. The molecule has 2 rings (SSSR count). The van der Waals surface area contributed by atoms with E-state index in [1.807, 2.05) is 30.9 Å². The Labute approximate surface area is 120 Å². The molecule has 1 amide bonds. The summed E-state index contributed by atoms with van der Waals surface area (Å²) in [5, 5.41) is 11.5. The second-order valence-corrected chi connectivity index (χ2v) is 4.92. The SMILES string of the molecule is CCCC(=O)N1CCN(c2ccc(NCC)nn2)CC1. The lowest BCUT2D eigenvalue weighted by Crippen LogP contribution is -2.49. The first kappa shape index (κ1) is 14.6. The van der Waals surface area contributed by atoms with E-state index in [9.17, 15) is 4.79 Å². The van der Waals surface area contributed by atoms with E-state index >= 15 is 0 Å². The lowest BCUT2D eigenvalue weighted by atomic mass is 10.2. The highest BCUT2D eigenvalue weighted by atomic mass is 16.2. The normalized spacial score (nSPS) is 15.3. The van der Waals surface area contributed by atoms with Crippen molar-refractivity contribution in [3.05, 3.63) is 12.1 Å². The summed E-state index contributed by atoms with van der Waals surface area (Å²) < 4.78 is 0. The Bertz CT molecular complexity index is 426. The summed E-state index contributed by atoms with van der Waals surface area (Å²) >= 11 is 0. The van der Waals surface area contributed by atoms with Gasteiger partial charge in [-0.15, -0.1) is 10.2 Å². The van der Waals surface area contributed by atoms with Crippen LogP contribution in [0, 0.1) is 0 Å². The molecule has 20 heavy (non-hydrogen) atoms. The largest absolute Gasteiger partial charge is 0.369 e. The standard InChI is InChI=1S/C14H23N5O/c1-3-5-14(20)19-10-8-18(9-11-19)13-7-6-12(15-4-2)16-17-13/h6-7H,3-5,8-11H2,1-2H3,(H,15,16). The monoisotopic (exact) mass is 277 g/mol. The minimum Gasteiger partial charge on any atom is -0.369 e. The minimum absolute atomic E-state index is 0.265. The number of nitrogens with one attached hydrogen (secondary N) is 1. The van der Waals surface area contributed by atoms with Gasteiger partial charge in [-0.05, 0) is 25.5 Å². The Balaban J connectivity index is 1.88. The van der Waals surface area contributed by atoms with Gasteiger partial charge in [-0.25, -0.2) is 0 Å². The van der Waals surface area contributed by atoms with Crippen molar-refractivity contribution < 1.29 is 4.79 Å². The molecule has 6 nitrogen and oxygen atoms in total. The van der Waals surface area contributed by atoms with Crippen LogP contribution in [0.3, 0.4) is 0 Å². The second kappa shape index (κ2) is 7.07. The number of carbonyl (C=O) groups excluding carboxylic acids is 1. The van der Waals surface area contributed by atoms with Gasteiger partial charge in [0.05, 0.1) is 0 Å². The summed E-state index contributed by atoms with van der Waals surface area (Å²) in [4.78, 5) is 16.0. The Hall–Kier alpha value is -1.85. The molecule has 0 atom stereocenters. The van der Waals surface area contributed by atoms with Crippen molar-refractivity contribution >= 4 is 17.5 Å². The fourth-order valence-electron chi connectivity index (χ4n) is 2.33. The van der Waals surface area contributed by atoms with Crippen LogP contribution in [-0.2, 0) is 4.79 Å². The Morgan fingerprint density at radius 1 is 1.20 bits per heavy atom. The zero-order chi connectivity index (χ0) is 14.4. The topological polar surface area (TPSA) is 61.4 Å². The summed E-state index contributed by atoms with van der Waals surface area (Å²) in [6.45, 7) is 8.10. The lowest BCUT2D eigenvalue weighted by molar-refractivity contribution is -0.131. The molecule has 0 spiro atoms. The minimum atomic E-state index is 0.265. The number of carbonyl (C=O) groups is 1. The molecule has 6 heteroatoms. The molecule has 110 valence electrons. The molecule has 0 radical (unpaired) electrons. The molecule has 1 aliphatic heterocycles. The number of hydrogen-bond acceptors (Lipinski definition) is 5. The molecule has 0 saturated carbocycles. The van der Waals surface area contributed by atoms with Gasteiger partial charge in [0.1, 0.15) is 5.82 Å². The van der Waals surface area contributed by atoms with E-state index in [1.54, 1.807) is 0 Å². The molecular weight excluding hydrogens is 254 g/mol. The number of amides is 1. The van der Waals surface area contributed by atoms with Crippen molar-refractivity contribution in [2.24, 2.45) is 0 Å². The van der Waals surface area contributed by atoms with E-state index < -0.39 is 0 Å². The van der Waals surface area contributed by atoms with E-state index in [0.717, 1.165) is 50.8 Å². The van der Waals surface area contributed by atoms with Gasteiger partial charge in [-0.2, -0.15) is 0 Å². The molecule has 0 bridgehead atoms. The quantitative estimate of drug-likeness (QED) is 0.880. The van der Waals surface area contributed by atoms with Crippen molar-refractivity contribution in [2.45, 2.75) is 26.7 Å². The average Bonchev–Trinajstić information content (AvgIpc) is 2.49. The van der Waals surface area contributed by atoms with Gasteiger partial charge in [0.2, 0.25) is 5.91 Å². The number of piperazine rings is 1. The van der Waals surface area contributed by atoms with Crippen LogP contribution in [0.4, 0.5) is 11.6 Å². The van der Waals surface area contributed by atoms with Crippen molar-refractivity contribution in [1.29, 1.82) is 0 Å². The van der Waals surface area contributed by atoms with E-state index in [1.165, 1.54) is 0 Å². The maximum Gasteiger partial charge on any atom is 0.222 e. The van der Waals surface area contributed by atoms with Gasteiger partial charge < -0.3 is 15.1 Å². The van der Waals surface area contributed by atoms with Crippen LogP contribution < -0.4 is 10.2 Å². The molecule has 0 unspecified atom stereocenters. The predicted octanol–water partition coefficient (Wildman–Crippen LogP) is 1.36. The van der Waals surface area contributed by atoms with E-state index in [-0.39, 0.29) is 5.91 Å². The van der Waals surface area contributed by atoms with Gasteiger partial charge in [0, 0.05) is 39.1 Å². The smallest absolute Gasteiger partial charge is 0.222 e. The Kier molecular flexibility index (Phi) is 5.15. The van der Waals surface area contributed by atoms with Gasteiger partial charge in [0.25, 0.3) is 0 Å². The van der Waals surface area contributed by atoms with Crippen LogP contribution in [0.2, 0.25) is 0 Å². The van der Waals surface area contributed by atoms with Crippen LogP contribution in [0.25, 0.3) is 0 Å². The summed E-state index contributed by atoms with van der Waals surface area (Å²) in [5.74, 6) is 1.95. The fourth-order valence-corrected chi connectivity index (χ4v) is 2.33. The highest BCUT2D eigenvalue weighted by Crippen LogP contribution is 2.14. The molecule has 1 aliphatic rings. The number of hydrogen-bond donors (Lipinski definition) is 1. The zero-order valence-corrected chi connectivity index (χ0v) is 12.3. The van der Waals surface area contributed by atoms with Crippen molar-refractivity contribution in [3.8, 4) is 0 Å². The van der Waals surface area contributed by atoms with Crippen LogP contribution in [0.1, 0.15) is 26.7 Å². The van der Waals surface area contributed by atoms with Crippen molar-refractivity contribution in [3.63, 3.8) is 0 Å². The number of rotatable bonds is 5. The highest BCUT2D eigenvalue weighted by Gasteiger charge is 2.21. The van der Waals surface area contributed by atoms with Crippen LogP contribution in [-0.4, -0.2) is 53.7 Å². The predicted molar refractivity (Wildman–Crippen MR) is 79.9 cm³/mol. The third kappa shape index (κ3) is 3.59. The molecule has 2 heterocycles. The average molecular weight is 277 g/mol. The van der Waals surface area contributed by atoms with Crippen LogP contribution in [0.15, 0.2) is 12.1 Å². The molecule has 0 aliphatic carbocycles.